The van der Waals surface area contributed by atoms with E-state index in [1.165, 1.54) is 44.9 Å². The highest BCUT2D eigenvalue weighted by Gasteiger charge is 2.25. The normalized spacial score (nSPS) is 46.6. The van der Waals surface area contributed by atoms with E-state index in [0.717, 1.165) is 23.7 Å². The van der Waals surface area contributed by atoms with E-state index in [0.29, 0.717) is 0 Å². The van der Waals surface area contributed by atoms with Gasteiger partial charge in [-0.2, -0.15) is 0 Å². The molecular weight excluding hydrogens is 204 g/mol. The molecule has 0 aromatic carbocycles. The second-order valence-electron chi connectivity index (χ2n) is 6.03. The molecule has 0 aromatic rings. The van der Waals surface area contributed by atoms with Crippen molar-refractivity contribution in [3.05, 3.63) is 36.5 Å². The van der Waals surface area contributed by atoms with E-state index >= 15 is 0 Å². The highest BCUT2D eigenvalue weighted by molar-refractivity contribution is 5.14. The largest absolute Gasteiger partial charge is 0.0845 e. The molecule has 0 heteroatoms. The Bertz CT molecular complexity index is 334. The summed E-state index contributed by atoms with van der Waals surface area (Å²) < 4.78 is 0. The lowest BCUT2D eigenvalue weighted by Gasteiger charge is -2.28. The van der Waals surface area contributed by atoms with Crippen molar-refractivity contribution >= 4 is 0 Å². The maximum Gasteiger partial charge on any atom is -0.0167 e. The third-order valence-corrected chi connectivity index (χ3v) is 4.93. The number of hydrogen-bond acceptors (Lipinski definition) is 0. The van der Waals surface area contributed by atoms with Crippen LogP contribution < -0.4 is 0 Å². The fourth-order valence-electron chi connectivity index (χ4n) is 3.86. The number of fused-ring (bicyclic) bond motifs is 2. The van der Waals surface area contributed by atoms with Crippen molar-refractivity contribution < 1.29 is 0 Å². The Morgan fingerprint density at radius 1 is 0.471 bits per heavy atom. The average molecular weight is 228 g/mol. The Morgan fingerprint density at radius 2 is 0.882 bits per heavy atom. The van der Waals surface area contributed by atoms with E-state index in [1.807, 2.05) is 0 Å². The lowest BCUT2D eigenvalue weighted by molar-refractivity contribution is 0.335. The van der Waals surface area contributed by atoms with Crippen molar-refractivity contribution in [2.75, 3.05) is 0 Å². The molecule has 0 aliphatic heterocycles. The van der Waals surface area contributed by atoms with E-state index in [-0.39, 0.29) is 0 Å². The first kappa shape index (κ1) is 11.3. The molecule has 3 aliphatic rings. The van der Waals surface area contributed by atoms with Gasteiger partial charge >= 0.3 is 0 Å². The molecule has 17 heavy (non-hydrogen) atoms. The minimum absolute atomic E-state index is 0.808. The van der Waals surface area contributed by atoms with Gasteiger partial charge in [-0.1, -0.05) is 55.7 Å². The Labute approximate surface area is 105 Å². The zero-order valence-electron chi connectivity index (χ0n) is 10.7. The monoisotopic (exact) mass is 228 g/mol. The summed E-state index contributed by atoms with van der Waals surface area (Å²) in [6.07, 6.45) is 24.5. The van der Waals surface area contributed by atoms with E-state index in [1.54, 1.807) is 0 Å². The molecule has 0 saturated heterocycles. The lowest BCUT2D eigenvalue weighted by Crippen LogP contribution is -2.16. The molecule has 3 rings (SSSR count). The molecule has 0 spiro atoms. The molecule has 0 bridgehead atoms. The number of rotatable bonds is 0. The zero-order valence-corrected chi connectivity index (χ0v) is 10.7. The zero-order chi connectivity index (χ0) is 11.5. The first-order valence-electron chi connectivity index (χ1n) is 7.47. The fourth-order valence-corrected chi connectivity index (χ4v) is 3.86. The van der Waals surface area contributed by atoms with Crippen LogP contribution >= 0.6 is 0 Å². The summed E-state index contributed by atoms with van der Waals surface area (Å²) in [5, 5.41) is 0. The number of allylic oxidation sites excluding steroid dienone is 6. The van der Waals surface area contributed by atoms with Crippen LogP contribution in [0.15, 0.2) is 36.5 Å². The van der Waals surface area contributed by atoms with Gasteiger partial charge in [0.15, 0.2) is 0 Å². The fraction of sp³-hybridized carbons (Fsp3) is 0.647. The van der Waals surface area contributed by atoms with Crippen LogP contribution in [-0.4, -0.2) is 0 Å². The van der Waals surface area contributed by atoms with Crippen molar-refractivity contribution in [2.45, 2.75) is 44.9 Å². The third-order valence-electron chi connectivity index (χ3n) is 4.93. The van der Waals surface area contributed by atoms with Crippen LogP contribution in [0.2, 0.25) is 0 Å². The summed E-state index contributed by atoms with van der Waals surface area (Å²) in [4.78, 5) is 0. The van der Waals surface area contributed by atoms with E-state index < -0.39 is 0 Å². The van der Waals surface area contributed by atoms with Crippen molar-refractivity contribution in [1.82, 2.24) is 0 Å². The smallest absolute Gasteiger partial charge is 0.0167 e. The third kappa shape index (κ3) is 2.56. The predicted molar refractivity (Wildman–Crippen MR) is 73.7 cm³/mol. The van der Waals surface area contributed by atoms with Crippen molar-refractivity contribution in [2.24, 2.45) is 23.7 Å². The van der Waals surface area contributed by atoms with Gasteiger partial charge in [-0.25, -0.2) is 0 Å². The Morgan fingerprint density at radius 3 is 1.41 bits per heavy atom. The highest BCUT2D eigenvalue weighted by Crippen LogP contribution is 2.37. The molecule has 0 heterocycles. The molecule has 2 saturated carbocycles. The summed E-state index contributed by atoms with van der Waals surface area (Å²) in [6, 6.07) is 0. The molecule has 0 N–H and O–H groups in total. The van der Waals surface area contributed by atoms with Crippen LogP contribution in [-0.2, 0) is 0 Å². The van der Waals surface area contributed by atoms with Crippen molar-refractivity contribution in [3.8, 4) is 0 Å². The molecule has 0 radical (unpaired) electrons. The van der Waals surface area contributed by atoms with Crippen LogP contribution in [0, 0.1) is 23.7 Å². The molecular formula is C17H24. The summed E-state index contributed by atoms with van der Waals surface area (Å²) in [6.45, 7) is 0. The minimum atomic E-state index is 0.808. The summed E-state index contributed by atoms with van der Waals surface area (Å²) >= 11 is 0. The van der Waals surface area contributed by atoms with Crippen LogP contribution in [0.5, 0.6) is 0 Å². The molecule has 0 unspecified atom stereocenters. The standard InChI is InChI=1S/C17H24/c1-2-8-15-10-5-11-17(15)13-12-16-9-4-3-7-14(16)6-1/h1-2,6,8,12-17H,3-5,7,9-11H2/b6-1+,8-2-,13-12+/t14-,15+,16+,17+/m0/s1. The van der Waals surface area contributed by atoms with Gasteiger partial charge < -0.3 is 0 Å². The van der Waals surface area contributed by atoms with E-state index in [4.69, 9.17) is 0 Å². The van der Waals surface area contributed by atoms with Gasteiger partial charge in [-0.15, -0.1) is 0 Å². The van der Waals surface area contributed by atoms with Crippen LogP contribution in [0.25, 0.3) is 0 Å². The van der Waals surface area contributed by atoms with Crippen LogP contribution in [0.4, 0.5) is 0 Å². The van der Waals surface area contributed by atoms with Gasteiger partial charge in [0.05, 0.1) is 0 Å². The van der Waals surface area contributed by atoms with Crippen LogP contribution in [0.3, 0.4) is 0 Å². The van der Waals surface area contributed by atoms with Gasteiger partial charge in [0.25, 0.3) is 0 Å². The lowest BCUT2D eigenvalue weighted by atomic mass is 9.77. The second-order valence-corrected chi connectivity index (χ2v) is 6.03. The second kappa shape index (κ2) is 5.25. The quantitative estimate of drug-likeness (QED) is 0.518. The maximum absolute atomic E-state index is 2.57. The molecule has 0 nitrogen and oxygen atoms in total. The summed E-state index contributed by atoms with van der Waals surface area (Å²) in [5.41, 5.74) is 0. The van der Waals surface area contributed by atoms with Gasteiger partial charge in [-0.05, 0) is 49.4 Å². The summed E-state index contributed by atoms with van der Waals surface area (Å²) in [5.74, 6) is 3.28. The highest BCUT2D eigenvalue weighted by atomic mass is 14.3. The Hall–Kier alpha value is -0.780. The van der Waals surface area contributed by atoms with Gasteiger partial charge in [0.2, 0.25) is 0 Å². The minimum Gasteiger partial charge on any atom is -0.0845 e. The maximum atomic E-state index is 2.57. The van der Waals surface area contributed by atoms with Crippen LogP contribution in [0.1, 0.15) is 44.9 Å². The molecule has 0 amide bonds. The van der Waals surface area contributed by atoms with Gasteiger partial charge in [0, 0.05) is 0 Å². The molecule has 92 valence electrons. The first-order valence-corrected chi connectivity index (χ1v) is 7.47. The molecule has 0 aromatic heterocycles. The SMILES string of the molecule is C1=C\[C@@H]2CCC[C@@H]2/C=C/[C@H]2CCCC[C@@H]2/C=C/1. The summed E-state index contributed by atoms with van der Waals surface area (Å²) in [7, 11) is 0. The Kier molecular flexibility index (Phi) is 3.49. The average Bonchev–Trinajstić information content (AvgIpc) is 2.81. The molecule has 4 atom stereocenters. The van der Waals surface area contributed by atoms with E-state index in [9.17, 15) is 0 Å². The number of hydrogen-bond donors (Lipinski definition) is 0. The van der Waals surface area contributed by atoms with Crippen molar-refractivity contribution in [1.29, 1.82) is 0 Å². The van der Waals surface area contributed by atoms with Gasteiger partial charge in [-0.3, -0.25) is 0 Å². The first-order chi connectivity index (χ1) is 8.43. The molecule has 3 aliphatic carbocycles. The van der Waals surface area contributed by atoms with Crippen molar-refractivity contribution in [3.63, 3.8) is 0 Å². The Balaban J connectivity index is 1.82. The van der Waals surface area contributed by atoms with E-state index in [2.05, 4.69) is 36.5 Å². The van der Waals surface area contributed by atoms with Gasteiger partial charge in [0.1, 0.15) is 0 Å². The predicted octanol–water partition coefficient (Wildman–Crippen LogP) is 4.89. The topological polar surface area (TPSA) is 0 Å². The molecule has 2 fully saturated rings.